The summed E-state index contributed by atoms with van der Waals surface area (Å²) >= 11 is 1.15. The largest absolute Gasteiger partial charge is 0.339 e. The number of carbonyl (C=O) groups excluding carboxylic acids is 2. The van der Waals surface area contributed by atoms with Crippen LogP contribution in [-0.2, 0) is 12.8 Å². The Hall–Kier alpha value is -3.06. The second kappa shape index (κ2) is 8.36. The molecule has 154 valence electrons. The standard InChI is InChI=1S/C23H24N4O2S/c1-15-7-4-5-9-19(15)27-20-10-6-8-18(20)21(25-27)22(28)24-16-11-13-17(14-12-16)30-23(29)26(2)3/h4-5,7,9,11-14H,6,8,10H2,1-3H3,(H,24,28). The maximum absolute atomic E-state index is 13.0. The van der Waals surface area contributed by atoms with Gasteiger partial charge in [0, 0.05) is 35.9 Å². The fraction of sp³-hybridized carbons (Fsp3) is 0.261. The molecule has 0 fully saturated rings. The normalized spacial score (nSPS) is 12.5. The first-order valence-electron chi connectivity index (χ1n) is 9.91. The molecule has 1 N–H and O–H groups in total. The van der Waals surface area contributed by atoms with E-state index in [1.807, 2.05) is 47.1 Å². The van der Waals surface area contributed by atoms with Crippen LogP contribution in [0.3, 0.4) is 0 Å². The maximum Gasteiger partial charge on any atom is 0.285 e. The van der Waals surface area contributed by atoms with E-state index in [1.54, 1.807) is 14.1 Å². The van der Waals surface area contributed by atoms with Crippen LogP contribution in [0, 0.1) is 6.92 Å². The van der Waals surface area contributed by atoms with Gasteiger partial charge in [-0.25, -0.2) is 4.68 Å². The molecule has 0 spiro atoms. The highest BCUT2D eigenvalue weighted by atomic mass is 32.2. The lowest BCUT2D eigenvalue weighted by atomic mass is 10.1. The fourth-order valence-electron chi connectivity index (χ4n) is 3.61. The van der Waals surface area contributed by atoms with E-state index in [4.69, 9.17) is 0 Å². The fourth-order valence-corrected chi connectivity index (χ4v) is 4.27. The number of benzene rings is 2. The van der Waals surface area contributed by atoms with Crippen LogP contribution >= 0.6 is 11.8 Å². The third-order valence-corrected chi connectivity index (χ3v) is 6.22. The van der Waals surface area contributed by atoms with Gasteiger partial charge in [-0.2, -0.15) is 5.10 Å². The van der Waals surface area contributed by atoms with Gasteiger partial charge in [0.05, 0.1) is 5.69 Å². The number of para-hydroxylation sites is 1. The molecule has 0 radical (unpaired) electrons. The van der Waals surface area contributed by atoms with Gasteiger partial charge in [-0.15, -0.1) is 0 Å². The Morgan fingerprint density at radius 3 is 2.50 bits per heavy atom. The number of aromatic nitrogens is 2. The Kier molecular flexibility index (Phi) is 5.63. The van der Waals surface area contributed by atoms with Crippen LogP contribution in [0.4, 0.5) is 10.5 Å². The number of amides is 2. The maximum atomic E-state index is 13.0. The van der Waals surface area contributed by atoms with Crippen LogP contribution in [0.25, 0.3) is 5.69 Å². The van der Waals surface area contributed by atoms with Crippen LogP contribution in [0.15, 0.2) is 53.4 Å². The van der Waals surface area contributed by atoms with Crippen molar-refractivity contribution in [2.24, 2.45) is 0 Å². The van der Waals surface area contributed by atoms with Gasteiger partial charge >= 0.3 is 0 Å². The third kappa shape index (κ3) is 3.98. The lowest BCUT2D eigenvalue weighted by molar-refractivity contribution is 0.102. The molecule has 30 heavy (non-hydrogen) atoms. The molecule has 0 unspecified atom stereocenters. The van der Waals surface area contributed by atoms with Crippen molar-refractivity contribution in [2.75, 3.05) is 19.4 Å². The van der Waals surface area contributed by atoms with Crippen LogP contribution in [0.2, 0.25) is 0 Å². The van der Waals surface area contributed by atoms with E-state index >= 15 is 0 Å². The molecule has 6 nitrogen and oxygen atoms in total. The molecular weight excluding hydrogens is 396 g/mol. The summed E-state index contributed by atoms with van der Waals surface area (Å²) in [6.45, 7) is 2.05. The van der Waals surface area contributed by atoms with Gasteiger partial charge in [0.2, 0.25) is 0 Å². The number of hydrogen-bond donors (Lipinski definition) is 1. The predicted octanol–water partition coefficient (Wildman–Crippen LogP) is 4.70. The van der Waals surface area contributed by atoms with Gasteiger partial charge in [0.15, 0.2) is 5.69 Å². The second-order valence-corrected chi connectivity index (χ2v) is 8.59. The monoisotopic (exact) mass is 420 g/mol. The molecule has 0 saturated heterocycles. The minimum atomic E-state index is -0.203. The summed E-state index contributed by atoms with van der Waals surface area (Å²) in [7, 11) is 3.44. The first-order chi connectivity index (χ1) is 14.4. The summed E-state index contributed by atoms with van der Waals surface area (Å²) in [4.78, 5) is 27.2. The number of nitrogens with one attached hydrogen (secondary N) is 1. The van der Waals surface area contributed by atoms with Gasteiger partial charge in [-0.1, -0.05) is 18.2 Å². The van der Waals surface area contributed by atoms with Gasteiger partial charge in [-0.3, -0.25) is 9.59 Å². The molecule has 1 aliphatic carbocycles. The lowest BCUT2D eigenvalue weighted by Gasteiger charge is -2.10. The quantitative estimate of drug-likeness (QED) is 0.622. The van der Waals surface area contributed by atoms with E-state index in [1.165, 1.54) is 4.90 Å². The molecule has 0 aliphatic heterocycles. The van der Waals surface area contributed by atoms with E-state index in [-0.39, 0.29) is 11.1 Å². The van der Waals surface area contributed by atoms with E-state index in [0.717, 1.165) is 58.4 Å². The van der Waals surface area contributed by atoms with E-state index in [2.05, 4.69) is 23.4 Å². The molecule has 0 bridgehead atoms. The highest BCUT2D eigenvalue weighted by Crippen LogP contribution is 2.29. The zero-order valence-corrected chi connectivity index (χ0v) is 18.1. The van der Waals surface area contributed by atoms with Crippen LogP contribution in [-0.4, -0.2) is 39.9 Å². The van der Waals surface area contributed by atoms with Crippen molar-refractivity contribution >= 4 is 28.6 Å². The highest BCUT2D eigenvalue weighted by molar-refractivity contribution is 8.13. The van der Waals surface area contributed by atoms with Crippen molar-refractivity contribution in [3.8, 4) is 5.69 Å². The number of nitrogens with zero attached hydrogens (tertiary/aromatic N) is 3. The lowest BCUT2D eigenvalue weighted by Crippen LogP contribution is -2.16. The van der Waals surface area contributed by atoms with Crippen molar-refractivity contribution in [1.82, 2.24) is 14.7 Å². The van der Waals surface area contributed by atoms with Crippen molar-refractivity contribution in [1.29, 1.82) is 0 Å². The number of anilines is 1. The van der Waals surface area contributed by atoms with Crippen molar-refractivity contribution < 1.29 is 9.59 Å². The summed E-state index contributed by atoms with van der Waals surface area (Å²) in [5, 5.41) is 7.60. The summed E-state index contributed by atoms with van der Waals surface area (Å²) < 4.78 is 1.93. The number of rotatable bonds is 4. The summed E-state index contributed by atoms with van der Waals surface area (Å²) in [5.41, 5.74) is 5.48. The molecular formula is C23H24N4O2S. The van der Waals surface area contributed by atoms with Crippen molar-refractivity contribution in [3.63, 3.8) is 0 Å². The summed E-state index contributed by atoms with van der Waals surface area (Å²) in [6.07, 6.45) is 2.83. The van der Waals surface area contributed by atoms with Crippen LogP contribution in [0.5, 0.6) is 0 Å². The highest BCUT2D eigenvalue weighted by Gasteiger charge is 2.27. The Morgan fingerprint density at radius 1 is 1.07 bits per heavy atom. The molecule has 7 heteroatoms. The van der Waals surface area contributed by atoms with Crippen LogP contribution in [0.1, 0.15) is 33.7 Å². The number of aryl methyl sites for hydroxylation is 1. The van der Waals surface area contributed by atoms with Gasteiger partial charge in [0.1, 0.15) is 0 Å². The van der Waals surface area contributed by atoms with E-state index in [0.29, 0.717) is 11.4 Å². The molecule has 1 heterocycles. The van der Waals surface area contributed by atoms with Gasteiger partial charge < -0.3 is 10.2 Å². The molecule has 0 saturated carbocycles. The summed E-state index contributed by atoms with van der Waals surface area (Å²) in [5.74, 6) is -0.203. The van der Waals surface area contributed by atoms with Crippen molar-refractivity contribution in [2.45, 2.75) is 31.1 Å². The first kappa shape index (κ1) is 20.2. The number of carbonyl (C=O) groups is 2. The molecule has 1 aromatic heterocycles. The summed E-state index contributed by atoms with van der Waals surface area (Å²) in [6, 6.07) is 15.4. The molecule has 2 amide bonds. The first-order valence-corrected chi connectivity index (χ1v) is 10.7. The Morgan fingerprint density at radius 2 is 1.80 bits per heavy atom. The SMILES string of the molecule is Cc1ccccc1-n1nc(C(=O)Nc2ccc(SC(=O)N(C)C)cc2)c2c1CCC2. The Labute approximate surface area is 180 Å². The second-order valence-electron chi connectivity index (χ2n) is 7.57. The molecule has 2 aromatic carbocycles. The van der Waals surface area contributed by atoms with Gasteiger partial charge in [-0.05, 0) is 73.8 Å². The van der Waals surface area contributed by atoms with Crippen LogP contribution < -0.4 is 5.32 Å². The predicted molar refractivity (Wildman–Crippen MR) is 120 cm³/mol. The average Bonchev–Trinajstić information content (AvgIpc) is 3.32. The molecule has 0 atom stereocenters. The Balaban J connectivity index is 1.55. The Bertz CT molecular complexity index is 1100. The number of hydrogen-bond acceptors (Lipinski definition) is 4. The smallest absolute Gasteiger partial charge is 0.285 e. The van der Waals surface area contributed by atoms with Gasteiger partial charge in [0.25, 0.3) is 11.1 Å². The number of thioether (sulfide) groups is 1. The van der Waals surface area contributed by atoms with Crippen molar-refractivity contribution in [3.05, 3.63) is 71.0 Å². The zero-order chi connectivity index (χ0) is 21.3. The van der Waals surface area contributed by atoms with E-state index in [9.17, 15) is 9.59 Å². The minimum Gasteiger partial charge on any atom is -0.339 e. The third-order valence-electron chi connectivity index (χ3n) is 5.17. The van der Waals surface area contributed by atoms with E-state index < -0.39 is 0 Å². The minimum absolute atomic E-state index is 0.0379. The zero-order valence-electron chi connectivity index (χ0n) is 17.3. The topological polar surface area (TPSA) is 67.2 Å². The number of fused-ring (bicyclic) bond motifs is 1. The molecule has 4 rings (SSSR count). The molecule has 1 aliphatic rings. The molecule has 3 aromatic rings. The average molecular weight is 421 g/mol.